The monoisotopic (exact) mass is 575 g/mol. The summed E-state index contributed by atoms with van der Waals surface area (Å²) in [5, 5.41) is 9.68. The third-order valence-electron chi connectivity index (χ3n) is 6.58. The quantitative estimate of drug-likeness (QED) is 0.293. The standard InChI is InChI=1S/C26H27F10NO2/c27-23(28,25(32,33)26(34,35)36)19-9-4-8-18(12-19)14-37(15-22(38)24(29,30)31)20-10-5-11-21(13-20)39-16-17-6-2-1-3-7-17/h4-5,8-13,17,22,38H,1-3,6-7,14-16H2. The molecule has 0 aliphatic heterocycles. The molecule has 1 fully saturated rings. The van der Waals surface area contributed by atoms with Crippen molar-refractivity contribution in [3.8, 4) is 5.75 Å². The van der Waals surface area contributed by atoms with Crippen molar-refractivity contribution in [3.05, 3.63) is 59.7 Å². The van der Waals surface area contributed by atoms with Crippen molar-refractivity contribution in [2.45, 2.75) is 69.0 Å². The number of alkyl halides is 10. The van der Waals surface area contributed by atoms with Gasteiger partial charge in [0, 0.05) is 23.9 Å². The third-order valence-corrected chi connectivity index (χ3v) is 6.58. The van der Waals surface area contributed by atoms with Gasteiger partial charge in [-0.05, 0) is 42.5 Å². The lowest BCUT2D eigenvalue weighted by Gasteiger charge is -2.30. The summed E-state index contributed by atoms with van der Waals surface area (Å²) in [6.07, 6.45) is -9.28. The number of anilines is 1. The zero-order valence-electron chi connectivity index (χ0n) is 20.5. The molecule has 3 rings (SSSR count). The molecule has 218 valence electrons. The molecule has 0 aromatic heterocycles. The highest BCUT2D eigenvalue weighted by molar-refractivity contribution is 5.51. The molecule has 0 heterocycles. The Labute approximate surface area is 218 Å². The summed E-state index contributed by atoms with van der Waals surface area (Å²) in [7, 11) is 0. The van der Waals surface area contributed by atoms with E-state index in [0.717, 1.165) is 49.1 Å². The lowest BCUT2D eigenvalue weighted by Crippen LogP contribution is -2.50. The Morgan fingerprint density at radius 3 is 2.10 bits per heavy atom. The fourth-order valence-corrected chi connectivity index (χ4v) is 4.36. The summed E-state index contributed by atoms with van der Waals surface area (Å²) in [6, 6.07) is 8.40. The smallest absolute Gasteiger partial charge is 0.460 e. The van der Waals surface area contributed by atoms with Gasteiger partial charge in [0.05, 0.1) is 13.2 Å². The summed E-state index contributed by atoms with van der Waals surface area (Å²) >= 11 is 0. The van der Waals surface area contributed by atoms with Crippen LogP contribution in [-0.4, -0.2) is 42.6 Å². The summed E-state index contributed by atoms with van der Waals surface area (Å²) in [6.45, 7) is -1.32. The summed E-state index contributed by atoms with van der Waals surface area (Å²) < 4.78 is 139. The second-order valence-electron chi connectivity index (χ2n) is 9.60. The molecule has 1 saturated carbocycles. The number of ether oxygens (including phenoxy) is 1. The van der Waals surface area contributed by atoms with Gasteiger partial charge >= 0.3 is 24.2 Å². The average molecular weight is 575 g/mol. The van der Waals surface area contributed by atoms with Gasteiger partial charge in [0.25, 0.3) is 0 Å². The first-order chi connectivity index (χ1) is 18.0. The SMILES string of the molecule is OC(CN(Cc1cccc(C(F)(F)C(F)(F)C(F)(F)F)c1)c1cccc(OCC2CCCCC2)c1)C(F)(F)F. The summed E-state index contributed by atoms with van der Waals surface area (Å²) in [5.41, 5.74) is -1.87. The van der Waals surface area contributed by atoms with E-state index in [-0.39, 0.29) is 11.3 Å². The molecule has 1 aliphatic carbocycles. The topological polar surface area (TPSA) is 32.7 Å². The van der Waals surface area contributed by atoms with Gasteiger partial charge in [0.15, 0.2) is 6.10 Å². The van der Waals surface area contributed by atoms with E-state index in [0.29, 0.717) is 30.4 Å². The van der Waals surface area contributed by atoms with E-state index in [1.54, 1.807) is 6.07 Å². The number of benzene rings is 2. The molecule has 1 unspecified atom stereocenters. The van der Waals surface area contributed by atoms with Crippen LogP contribution in [0.25, 0.3) is 0 Å². The molecule has 2 aromatic rings. The van der Waals surface area contributed by atoms with Gasteiger partial charge in [-0.25, -0.2) is 0 Å². The van der Waals surface area contributed by atoms with Crippen LogP contribution in [0.1, 0.15) is 43.2 Å². The normalized spacial score (nSPS) is 16.7. The van der Waals surface area contributed by atoms with Crippen molar-refractivity contribution in [3.63, 3.8) is 0 Å². The molecule has 0 saturated heterocycles. The van der Waals surface area contributed by atoms with E-state index in [1.807, 2.05) is 0 Å². The van der Waals surface area contributed by atoms with Crippen LogP contribution < -0.4 is 9.64 Å². The highest BCUT2D eigenvalue weighted by atomic mass is 19.4. The Kier molecular flexibility index (Phi) is 9.34. The fraction of sp³-hybridized carbons (Fsp3) is 0.538. The van der Waals surface area contributed by atoms with E-state index in [2.05, 4.69) is 0 Å². The predicted octanol–water partition coefficient (Wildman–Crippen LogP) is 7.86. The van der Waals surface area contributed by atoms with Crippen LogP contribution in [0.3, 0.4) is 0 Å². The molecule has 1 atom stereocenters. The Bertz CT molecular complexity index is 1080. The van der Waals surface area contributed by atoms with Crippen molar-refractivity contribution in [1.29, 1.82) is 0 Å². The first-order valence-corrected chi connectivity index (χ1v) is 12.2. The first kappa shape index (κ1) is 30.8. The molecule has 0 bridgehead atoms. The number of hydrogen-bond acceptors (Lipinski definition) is 3. The van der Waals surface area contributed by atoms with Crippen LogP contribution in [0.15, 0.2) is 48.5 Å². The minimum Gasteiger partial charge on any atom is -0.493 e. The van der Waals surface area contributed by atoms with Gasteiger partial charge in [-0.15, -0.1) is 0 Å². The molecule has 39 heavy (non-hydrogen) atoms. The summed E-state index contributed by atoms with van der Waals surface area (Å²) in [4.78, 5) is 0.949. The number of halogens is 10. The molecule has 13 heteroatoms. The van der Waals surface area contributed by atoms with E-state index < -0.39 is 49.0 Å². The van der Waals surface area contributed by atoms with Crippen LogP contribution >= 0.6 is 0 Å². The maximum atomic E-state index is 14.2. The Hall–Kier alpha value is -2.70. The second-order valence-corrected chi connectivity index (χ2v) is 9.60. The Balaban J connectivity index is 1.88. The number of hydrogen-bond donors (Lipinski definition) is 1. The highest BCUT2D eigenvalue weighted by Gasteiger charge is 2.73. The maximum absolute atomic E-state index is 14.2. The molecule has 0 spiro atoms. The van der Waals surface area contributed by atoms with Crippen molar-refractivity contribution in [2.24, 2.45) is 5.92 Å². The molecule has 3 nitrogen and oxygen atoms in total. The fourth-order valence-electron chi connectivity index (χ4n) is 4.36. The third kappa shape index (κ3) is 7.49. The molecule has 0 radical (unpaired) electrons. The molecule has 1 N–H and O–H groups in total. The van der Waals surface area contributed by atoms with Gasteiger partial charge in [-0.1, -0.05) is 43.5 Å². The van der Waals surface area contributed by atoms with Crippen LogP contribution in [-0.2, 0) is 12.5 Å². The second kappa shape index (κ2) is 11.8. The lowest BCUT2D eigenvalue weighted by molar-refractivity contribution is -0.359. The zero-order chi connectivity index (χ0) is 29.1. The van der Waals surface area contributed by atoms with Crippen LogP contribution in [0.5, 0.6) is 5.75 Å². The minimum absolute atomic E-state index is 0.0808. The summed E-state index contributed by atoms with van der Waals surface area (Å²) in [5.74, 6) is -11.4. The number of rotatable bonds is 10. The largest absolute Gasteiger partial charge is 0.493 e. The molecule has 1 aliphatic rings. The lowest BCUT2D eigenvalue weighted by atomic mass is 9.90. The van der Waals surface area contributed by atoms with E-state index in [4.69, 9.17) is 4.74 Å². The van der Waals surface area contributed by atoms with Gasteiger partial charge < -0.3 is 14.7 Å². The van der Waals surface area contributed by atoms with Crippen molar-refractivity contribution >= 4 is 5.69 Å². The highest BCUT2D eigenvalue weighted by Crippen LogP contribution is 2.51. The molecule has 0 amide bonds. The van der Waals surface area contributed by atoms with E-state index >= 15 is 0 Å². The minimum atomic E-state index is -6.55. The maximum Gasteiger partial charge on any atom is 0.460 e. The Morgan fingerprint density at radius 2 is 1.49 bits per heavy atom. The number of aliphatic hydroxyl groups is 1. The van der Waals surface area contributed by atoms with Crippen LogP contribution in [0.4, 0.5) is 49.6 Å². The van der Waals surface area contributed by atoms with Crippen LogP contribution in [0, 0.1) is 5.92 Å². The predicted molar refractivity (Wildman–Crippen MR) is 123 cm³/mol. The Morgan fingerprint density at radius 1 is 0.846 bits per heavy atom. The number of aliphatic hydroxyl groups excluding tert-OH is 1. The van der Waals surface area contributed by atoms with Gasteiger partial charge in [-0.3, -0.25) is 0 Å². The average Bonchev–Trinajstić information content (AvgIpc) is 2.86. The zero-order valence-corrected chi connectivity index (χ0v) is 20.5. The molecular weight excluding hydrogens is 548 g/mol. The van der Waals surface area contributed by atoms with Crippen molar-refractivity contribution in [1.82, 2.24) is 0 Å². The van der Waals surface area contributed by atoms with E-state index in [1.165, 1.54) is 18.2 Å². The van der Waals surface area contributed by atoms with Crippen LogP contribution in [0.2, 0.25) is 0 Å². The van der Waals surface area contributed by atoms with Gasteiger partial charge in [0.1, 0.15) is 5.75 Å². The van der Waals surface area contributed by atoms with Crippen molar-refractivity contribution in [2.75, 3.05) is 18.1 Å². The van der Waals surface area contributed by atoms with Gasteiger partial charge in [0.2, 0.25) is 0 Å². The van der Waals surface area contributed by atoms with E-state index in [9.17, 15) is 49.0 Å². The molecular formula is C26H27F10NO2. The molecule has 2 aromatic carbocycles. The van der Waals surface area contributed by atoms with Gasteiger partial charge in [-0.2, -0.15) is 43.9 Å². The van der Waals surface area contributed by atoms with Crippen molar-refractivity contribution < 1.29 is 53.7 Å². The first-order valence-electron chi connectivity index (χ1n) is 12.2. The number of nitrogens with zero attached hydrogens (tertiary/aromatic N) is 1.